The lowest BCUT2D eigenvalue weighted by Crippen LogP contribution is -1.94. The van der Waals surface area contributed by atoms with Crippen LogP contribution in [0, 0.1) is 0 Å². The molecule has 2 heteroatoms. The average Bonchev–Trinajstić information content (AvgIpc) is 2.48. The molecule has 0 bridgehead atoms. The molecule has 120 valence electrons. The Morgan fingerprint density at radius 3 is 2.27 bits per heavy atom. The summed E-state index contributed by atoms with van der Waals surface area (Å²) in [4.78, 5) is 0. The first-order chi connectivity index (χ1) is 10.5. The van der Waals surface area contributed by atoms with Gasteiger partial charge in [0, 0.05) is 0 Å². The number of allylic oxidation sites excluding steroid dienone is 3. The van der Waals surface area contributed by atoms with E-state index in [2.05, 4.69) is 32.9 Å². The second-order valence-electron chi connectivity index (χ2n) is 5.90. The minimum atomic E-state index is 0.0923. The van der Waals surface area contributed by atoms with Gasteiger partial charge in [-0.2, -0.15) is 0 Å². The van der Waals surface area contributed by atoms with E-state index >= 15 is 0 Å². The van der Waals surface area contributed by atoms with Crippen molar-refractivity contribution in [3.8, 4) is 5.75 Å². The Bertz CT molecular complexity index is 529. The summed E-state index contributed by atoms with van der Waals surface area (Å²) >= 11 is 0. The van der Waals surface area contributed by atoms with Gasteiger partial charge in [-0.25, -0.2) is 0 Å². The maximum absolute atomic E-state index is 9.01. The maximum atomic E-state index is 9.01. The van der Waals surface area contributed by atoms with Crippen molar-refractivity contribution in [3.63, 3.8) is 0 Å². The van der Waals surface area contributed by atoms with E-state index in [-0.39, 0.29) is 6.61 Å². The third-order valence-corrected chi connectivity index (χ3v) is 3.32. The Morgan fingerprint density at radius 2 is 1.68 bits per heavy atom. The molecule has 0 saturated heterocycles. The minimum absolute atomic E-state index is 0.0923. The largest absolute Gasteiger partial charge is 0.490 e. The van der Waals surface area contributed by atoms with Crippen LogP contribution in [-0.4, -0.2) is 18.3 Å². The van der Waals surface area contributed by atoms with Crippen molar-refractivity contribution >= 4 is 6.08 Å². The van der Waals surface area contributed by atoms with Gasteiger partial charge in [-0.3, -0.25) is 0 Å². The molecule has 0 heterocycles. The number of ether oxygens (including phenoxy) is 1. The summed E-state index contributed by atoms with van der Waals surface area (Å²) in [6.45, 7) is 9.01. The molecule has 0 aliphatic rings. The van der Waals surface area contributed by atoms with E-state index in [9.17, 15) is 0 Å². The molecule has 0 aromatic heterocycles. The molecule has 0 unspecified atom stereocenters. The lowest BCUT2D eigenvalue weighted by molar-refractivity contribution is 0.332. The van der Waals surface area contributed by atoms with Crippen LogP contribution in [0.1, 0.15) is 46.1 Å². The quantitative estimate of drug-likeness (QED) is 0.672. The summed E-state index contributed by atoms with van der Waals surface area (Å²) in [6.07, 6.45) is 8.55. The number of benzene rings is 1. The third-order valence-electron chi connectivity index (χ3n) is 3.32. The average molecular weight is 300 g/mol. The van der Waals surface area contributed by atoms with Crippen LogP contribution in [0.2, 0.25) is 0 Å². The zero-order valence-corrected chi connectivity index (χ0v) is 14.2. The maximum Gasteiger partial charge on any atom is 0.119 e. The molecule has 0 aliphatic carbocycles. The molecule has 22 heavy (non-hydrogen) atoms. The van der Waals surface area contributed by atoms with Crippen LogP contribution in [-0.2, 0) is 0 Å². The Morgan fingerprint density at radius 1 is 1.00 bits per heavy atom. The summed E-state index contributed by atoms with van der Waals surface area (Å²) in [6, 6.07) is 7.92. The molecule has 0 radical (unpaired) electrons. The van der Waals surface area contributed by atoms with Crippen LogP contribution < -0.4 is 4.74 Å². The molecule has 0 fully saturated rings. The Kier molecular flexibility index (Phi) is 8.31. The van der Waals surface area contributed by atoms with Gasteiger partial charge in [0.25, 0.3) is 0 Å². The van der Waals surface area contributed by atoms with Crippen molar-refractivity contribution < 1.29 is 9.84 Å². The van der Waals surface area contributed by atoms with E-state index in [1.807, 2.05) is 37.3 Å². The highest BCUT2D eigenvalue weighted by Crippen LogP contribution is 2.15. The molecule has 0 aliphatic heterocycles. The molecule has 1 aromatic rings. The van der Waals surface area contributed by atoms with Crippen molar-refractivity contribution in [3.05, 3.63) is 58.7 Å². The van der Waals surface area contributed by atoms with Gasteiger partial charge in [-0.05, 0) is 69.9 Å². The number of rotatable bonds is 8. The van der Waals surface area contributed by atoms with Gasteiger partial charge >= 0.3 is 0 Å². The molecule has 1 rings (SSSR count). The monoisotopic (exact) mass is 300 g/mol. The van der Waals surface area contributed by atoms with Crippen molar-refractivity contribution in [2.45, 2.75) is 40.5 Å². The topological polar surface area (TPSA) is 29.5 Å². The smallest absolute Gasteiger partial charge is 0.119 e. The number of aliphatic hydroxyl groups excluding tert-OH is 1. The Hall–Kier alpha value is -1.80. The molecular weight excluding hydrogens is 272 g/mol. The van der Waals surface area contributed by atoms with Crippen LogP contribution in [0.25, 0.3) is 6.08 Å². The highest BCUT2D eigenvalue weighted by Gasteiger charge is 1.95. The molecule has 0 saturated carbocycles. The second-order valence-corrected chi connectivity index (χ2v) is 5.90. The van der Waals surface area contributed by atoms with Gasteiger partial charge < -0.3 is 9.84 Å². The first-order valence-electron chi connectivity index (χ1n) is 7.81. The van der Waals surface area contributed by atoms with Crippen LogP contribution in [0.3, 0.4) is 0 Å². The van der Waals surface area contributed by atoms with Crippen molar-refractivity contribution in [1.29, 1.82) is 0 Å². The molecule has 0 atom stereocenters. The number of aliphatic hydroxyl groups is 1. The fraction of sp³-hybridized carbons (Fsp3) is 0.400. The zero-order chi connectivity index (χ0) is 16.4. The van der Waals surface area contributed by atoms with E-state index in [1.165, 1.54) is 11.1 Å². The molecule has 0 amide bonds. The number of hydrogen-bond donors (Lipinski definition) is 1. The van der Waals surface area contributed by atoms with E-state index < -0.39 is 0 Å². The summed E-state index contributed by atoms with van der Waals surface area (Å²) in [5.41, 5.74) is 4.75. The van der Waals surface area contributed by atoms with Crippen LogP contribution in [0.5, 0.6) is 5.75 Å². The molecule has 1 N–H and O–H groups in total. The van der Waals surface area contributed by atoms with Gasteiger partial charge in [0.15, 0.2) is 0 Å². The van der Waals surface area contributed by atoms with Crippen LogP contribution in [0.15, 0.2) is 53.1 Å². The predicted octanol–water partition coefficient (Wildman–Crippen LogP) is 5.15. The first-order valence-corrected chi connectivity index (χ1v) is 7.81. The normalized spacial score (nSPS) is 12.2. The van der Waals surface area contributed by atoms with Gasteiger partial charge in [-0.1, -0.05) is 35.4 Å². The summed E-state index contributed by atoms with van der Waals surface area (Å²) < 4.78 is 5.73. The molecule has 1 aromatic carbocycles. The van der Waals surface area contributed by atoms with E-state index in [1.54, 1.807) is 0 Å². The molecule has 0 spiro atoms. The van der Waals surface area contributed by atoms with E-state index in [0.29, 0.717) is 6.61 Å². The Labute approximate surface area is 134 Å². The Balaban J connectivity index is 2.43. The standard InChI is InChI=1S/C20H28O2/c1-16(2)6-5-7-17(3)12-13-22-20-10-8-19(9-11-20)14-18(4)15-21/h6,8-12,14,21H,5,7,13,15H2,1-4H3/b17-12+,18-14+. The highest BCUT2D eigenvalue weighted by molar-refractivity contribution is 5.53. The summed E-state index contributed by atoms with van der Waals surface area (Å²) in [7, 11) is 0. The van der Waals surface area contributed by atoms with Gasteiger partial charge in [0.1, 0.15) is 12.4 Å². The highest BCUT2D eigenvalue weighted by atomic mass is 16.5. The first kappa shape index (κ1) is 18.2. The van der Waals surface area contributed by atoms with Crippen molar-refractivity contribution in [2.75, 3.05) is 13.2 Å². The van der Waals surface area contributed by atoms with Gasteiger partial charge in [0.05, 0.1) is 6.61 Å². The fourth-order valence-corrected chi connectivity index (χ4v) is 1.96. The summed E-state index contributed by atoms with van der Waals surface area (Å²) in [5, 5.41) is 9.01. The molecular formula is C20H28O2. The van der Waals surface area contributed by atoms with Gasteiger partial charge in [-0.15, -0.1) is 0 Å². The van der Waals surface area contributed by atoms with E-state index in [4.69, 9.17) is 9.84 Å². The predicted molar refractivity (Wildman–Crippen MR) is 95.1 cm³/mol. The van der Waals surface area contributed by atoms with E-state index in [0.717, 1.165) is 29.7 Å². The summed E-state index contributed by atoms with van der Waals surface area (Å²) in [5.74, 6) is 0.868. The number of hydrogen-bond acceptors (Lipinski definition) is 2. The minimum Gasteiger partial charge on any atom is -0.490 e. The lowest BCUT2D eigenvalue weighted by atomic mass is 10.1. The molecule has 2 nitrogen and oxygen atoms in total. The van der Waals surface area contributed by atoms with Gasteiger partial charge in [0.2, 0.25) is 0 Å². The second kappa shape index (κ2) is 10.0. The SMILES string of the molecule is CC(C)=CCC/C(C)=C/COc1ccc(/C=C(\C)CO)cc1. The van der Waals surface area contributed by atoms with Crippen LogP contribution in [0.4, 0.5) is 0 Å². The van der Waals surface area contributed by atoms with Crippen molar-refractivity contribution in [1.82, 2.24) is 0 Å². The van der Waals surface area contributed by atoms with Crippen LogP contribution >= 0.6 is 0 Å². The zero-order valence-electron chi connectivity index (χ0n) is 14.2. The lowest BCUT2D eigenvalue weighted by Gasteiger charge is -2.05. The van der Waals surface area contributed by atoms with Crippen molar-refractivity contribution in [2.24, 2.45) is 0 Å². The third kappa shape index (κ3) is 7.84. The fourth-order valence-electron chi connectivity index (χ4n) is 1.96.